The molecule has 0 radical (unpaired) electrons. The Morgan fingerprint density at radius 1 is 1.31 bits per heavy atom. The molecule has 1 aromatic rings. The molecule has 0 atom stereocenters. The Hall–Kier alpha value is -1.30. The summed E-state index contributed by atoms with van der Waals surface area (Å²) in [4.78, 5) is 3.98. The molecule has 0 unspecified atom stereocenters. The minimum atomic E-state index is -3.41. The third-order valence-corrected chi connectivity index (χ3v) is 4.68. The smallest absolute Gasteiger partial charge is 0.241 e. The molecule has 0 bridgehead atoms. The molecule has 1 heterocycles. The molecule has 90 valence electrons. The van der Waals surface area contributed by atoms with Gasteiger partial charge in [0.25, 0.3) is 0 Å². The van der Waals surface area contributed by atoms with Gasteiger partial charge in [0.15, 0.2) is 0 Å². The van der Waals surface area contributed by atoms with Crippen LogP contribution in [0.15, 0.2) is 18.3 Å². The van der Waals surface area contributed by atoms with Crippen molar-refractivity contribution in [3.8, 4) is 0 Å². The van der Waals surface area contributed by atoms with Gasteiger partial charge >= 0.3 is 0 Å². The first-order chi connectivity index (χ1) is 7.16. The first-order valence-electron chi connectivity index (χ1n) is 4.86. The second-order valence-corrected chi connectivity index (χ2v) is 7.26. The summed E-state index contributed by atoms with van der Waals surface area (Å²) in [5, 5.41) is 0. The molecule has 5 nitrogen and oxygen atoms in total. The Morgan fingerprint density at radius 2 is 1.88 bits per heavy atom. The molecule has 1 rings (SSSR count). The zero-order valence-electron chi connectivity index (χ0n) is 9.93. The van der Waals surface area contributed by atoms with Gasteiger partial charge in [-0.25, -0.2) is 13.4 Å². The topological polar surface area (TPSA) is 76.3 Å². The maximum atomic E-state index is 12.1. The number of sulfonamides is 1. The zero-order chi connectivity index (χ0) is 12.6. The Labute approximate surface area is 96.3 Å². The van der Waals surface area contributed by atoms with Gasteiger partial charge in [0.2, 0.25) is 10.0 Å². The Kier molecular flexibility index (Phi) is 3.14. The fourth-order valence-electron chi connectivity index (χ4n) is 1.12. The summed E-state index contributed by atoms with van der Waals surface area (Å²) in [5.41, 5.74) is 6.00. The Bertz CT molecular complexity index is 460. The number of anilines is 2. The lowest BCUT2D eigenvalue weighted by molar-refractivity contribution is 0.558. The average Bonchev–Trinajstić information content (AvgIpc) is 2.16. The fourth-order valence-corrected chi connectivity index (χ4v) is 2.29. The predicted molar refractivity (Wildman–Crippen MR) is 65.7 cm³/mol. The number of nitrogens with two attached hydrogens (primary N) is 1. The van der Waals surface area contributed by atoms with Crippen molar-refractivity contribution >= 4 is 21.5 Å². The standard InChI is InChI=1S/C10H17N3O2S/c1-10(2,3)16(14,15)13(4)9-6-5-8(11)7-12-9/h5-7H,11H2,1-4H3. The van der Waals surface area contributed by atoms with E-state index < -0.39 is 14.8 Å². The quantitative estimate of drug-likeness (QED) is 0.847. The van der Waals surface area contributed by atoms with Crippen LogP contribution < -0.4 is 10.0 Å². The maximum Gasteiger partial charge on any atom is 0.241 e. The van der Waals surface area contributed by atoms with E-state index >= 15 is 0 Å². The first kappa shape index (κ1) is 12.8. The van der Waals surface area contributed by atoms with Crippen LogP contribution in [0.1, 0.15) is 20.8 Å². The molecule has 0 fully saturated rings. The van der Waals surface area contributed by atoms with Crippen molar-refractivity contribution in [3.63, 3.8) is 0 Å². The molecule has 16 heavy (non-hydrogen) atoms. The summed E-state index contributed by atoms with van der Waals surface area (Å²) in [6.07, 6.45) is 1.43. The van der Waals surface area contributed by atoms with Gasteiger partial charge in [0.1, 0.15) is 5.82 Å². The van der Waals surface area contributed by atoms with Gasteiger partial charge in [-0.3, -0.25) is 4.31 Å². The summed E-state index contributed by atoms with van der Waals surface area (Å²) < 4.78 is 24.5. The van der Waals surface area contributed by atoms with Gasteiger partial charge in [-0.15, -0.1) is 0 Å². The van der Waals surface area contributed by atoms with E-state index in [-0.39, 0.29) is 0 Å². The summed E-state index contributed by atoms with van der Waals surface area (Å²) in [7, 11) is -1.93. The summed E-state index contributed by atoms with van der Waals surface area (Å²) in [6.45, 7) is 4.95. The molecular formula is C10H17N3O2S. The highest BCUT2D eigenvalue weighted by Crippen LogP contribution is 2.23. The van der Waals surface area contributed by atoms with Crippen LogP contribution >= 0.6 is 0 Å². The highest BCUT2D eigenvalue weighted by Gasteiger charge is 2.33. The number of aromatic nitrogens is 1. The van der Waals surface area contributed by atoms with E-state index in [9.17, 15) is 8.42 Å². The third kappa shape index (κ3) is 2.27. The van der Waals surface area contributed by atoms with Crippen LogP contribution in [0.3, 0.4) is 0 Å². The van der Waals surface area contributed by atoms with Crippen molar-refractivity contribution < 1.29 is 8.42 Å². The Morgan fingerprint density at radius 3 is 2.25 bits per heavy atom. The van der Waals surface area contributed by atoms with Crippen LogP contribution in [0.25, 0.3) is 0 Å². The third-order valence-electron chi connectivity index (χ3n) is 2.23. The van der Waals surface area contributed by atoms with Gasteiger partial charge in [-0.2, -0.15) is 0 Å². The highest BCUT2D eigenvalue weighted by atomic mass is 32.2. The summed E-state index contributed by atoms with van der Waals surface area (Å²) >= 11 is 0. The largest absolute Gasteiger partial charge is 0.397 e. The van der Waals surface area contributed by atoms with E-state index in [1.165, 1.54) is 17.5 Å². The minimum Gasteiger partial charge on any atom is -0.397 e. The molecule has 2 N–H and O–H groups in total. The van der Waals surface area contributed by atoms with Crippen molar-refractivity contribution in [1.82, 2.24) is 4.98 Å². The molecule has 0 saturated heterocycles. The number of nitrogen functional groups attached to an aromatic ring is 1. The fraction of sp³-hybridized carbons (Fsp3) is 0.500. The van der Waals surface area contributed by atoms with Crippen molar-refractivity contribution in [3.05, 3.63) is 18.3 Å². The zero-order valence-corrected chi connectivity index (χ0v) is 10.7. The Balaban J connectivity index is 3.13. The molecule has 0 amide bonds. The van der Waals surface area contributed by atoms with Gasteiger partial charge in [0, 0.05) is 7.05 Å². The highest BCUT2D eigenvalue weighted by molar-refractivity contribution is 7.94. The predicted octanol–water partition coefficient (Wildman–Crippen LogP) is 1.23. The van der Waals surface area contributed by atoms with Gasteiger partial charge in [0.05, 0.1) is 16.6 Å². The molecule has 0 saturated carbocycles. The summed E-state index contributed by atoms with van der Waals surface area (Å²) in [5.74, 6) is 0.365. The van der Waals surface area contributed by atoms with E-state index in [4.69, 9.17) is 5.73 Å². The van der Waals surface area contributed by atoms with E-state index in [2.05, 4.69) is 4.98 Å². The monoisotopic (exact) mass is 243 g/mol. The lowest BCUT2D eigenvalue weighted by atomic mass is 10.3. The molecule has 1 aromatic heterocycles. The van der Waals surface area contributed by atoms with Crippen LogP contribution in [0.5, 0.6) is 0 Å². The van der Waals surface area contributed by atoms with Crippen LogP contribution in [-0.4, -0.2) is 25.2 Å². The van der Waals surface area contributed by atoms with Crippen LogP contribution in [-0.2, 0) is 10.0 Å². The number of rotatable bonds is 2. The number of nitrogens with zero attached hydrogens (tertiary/aromatic N) is 2. The lowest BCUT2D eigenvalue weighted by Gasteiger charge is -2.27. The second-order valence-electron chi connectivity index (χ2n) is 4.53. The molecule has 0 aromatic carbocycles. The van der Waals surface area contributed by atoms with Gasteiger partial charge < -0.3 is 5.73 Å². The van der Waals surface area contributed by atoms with E-state index in [0.717, 1.165) is 0 Å². The van der Waals surface area contributed by atoms with E-state index in [1.807, 2.05) is 0 Å². The van der Waals surface area contributed by atoms with Crippen molar-refractivity contribution in [2.45, 2.75) is 25.5 Å². The number of hydrogen-bond acceptors (Lipinski definition) is 4. The van der Waals surface area contributed by atoms with Crippen LogP contribution in [0.4, 0.5) is 11.5 Å². The van der Waals surface area contributed by atoms with Crippen LogP contribution in [0, 0.1) is 0 Å². The van der Waals surface area contributed by atoms with Crippen molar-refractivity contribution in [2.75, 3.05) is 17.1 Å². The molecule has 0 aliphatic rings. The van der Waals surface area contributed by atoms with Gasteiger partial charge in [-0.05, 0) is 32.9 Å². The van der Waals surface area contributed by atoms with E-state index in [0.29, 0.717) is 11.5 Å². The second kappa shape index (κ2) is 3.93. The molecule has 6 heteroatoms. The van der Waals surface area contributed by atoms with Crippen molar-refractivity contribution in [2.24, 2.45) is 0 Å². The number of hydrogen-bond donors (Lipinski definition) is 1. The molecular weight excluding hydrogens is 226 g/mol. The lowest BCUT2D eigenvalue weighted by Crippen LogP contribution is -2.41. The van der Waals surface area contributed by atoms with Gasteiger partial charge in [-0.1, -0.05) is 0 Å². The van der Waals surface area contributed by atoms with E-state index in [1.54, 1.807) is 32.9 Å². The molecule has 0 spiro atoms. The summed E-state index contributed by atoms with van der Waals surface area (Å²) in [6, 6.07) is 3.20. The minimum absolute atomic E-state index is 0.365. The normalized spacial score (nSPS) is 12.5. The maximum absolute atomic E-state index is 12.1. The SMILES string of the molecule is CN(c1ccc(N)cn1)S(=O)(=O)C(C)(C)C. The van der Waals surface area contributed by atoms with Crippen molar-refractivity contribution in [1.29, 1.82) is 0 Å². The number of pyridine rings is 1. The first-order valence-corrected chi connectivity index (χ1v) is 6.30. The van der Waals surface area contributed by atoms with Crippen LogP contribution in [0.2, 0.25) is 0 Å². The molecule has 0 aliphatic carbocycles. The average molecular weight is 243 g/mol. The molecule has 0 aliphatic heterocycles.